The van der Waals surface area contributed by atoms with Crippen LogP contribution in [-0.4, -0.2) is 46.0 Å². The van der Waals surface area contributed by atoms with Crippen LogP contribution in [0.1, 0.15) is 5.56 Å². The molecular weight excluding hydrogens is 276 g/mol. The van der Waals surface area contributed by atoms with Gasteiger partial charge in [0, 0.05) is 29.8 Å². The molecule has 0 aromatic heterocycles. The van der Waals surface area contributed by atoms with Gasteiger partial charge in [-0.15, -0.1) is 0 Å². The zero-order valence-corrected chi connectivity index (χ0v) is 11.7. The summed E-state index contributed by atoms with van der Waals surface area (Å²) in [7, 11) is 0. The van der Waals surface area contributed by atoms with Crippen molar-refractivity contribution in [2.45, 2.75) is 6.04 Å². The van der Waals surface area contributed by atoms with Crippen molar-refractivity contribution in [3.8, 4) is 0 Å². The molecule has 0 saturated carbocycles. The second kappa shape index (κ2) is 6.47. The second-order valence-corrected chi connectivity index (χ2v) is 5.61. The molecule has 1 aromatic rings. The first kappa shape index (κ1) is 14.5. The lowest BCUT2D eigenvalue weighted by Crippen LogP contribution is -2.49. The van der Waals surface area contributed by atoms with Gasteiger partial charge in [0.15, 0.2) is 0 Å². The lowest BCUT2D eigenvalue weighted by Gasteiger charge is -2.31. The van der Waals surface area contributed by atoms with E-state index in [9.17, 15) is 9.59 Å². The lowest BCUT2D eigenvalue weighted by molar-refractivity contribution is -0.147. The van der Waals surface area contributed by atoms with Gasteiger partial charge in [-0.05, 0) is 23.8 Å². The standard InChI is InChI=1S/C14H16N2O3S/c15-11-3-1-2-10(8-11)4-5-13(17)16-6-7-20-9-12(16)14(18)19/h1-5,8,12H,6-7,9,15H2,(H,18,19)/b5-4+. The number of carboxylic acids is 1. The van der Waals surface area contributed by atoms with Gasteiger partial charge in [-0.1, -0.05) is 12.1 Å². The van der Waals surface area contributed by atoms with E-state index < -0.39 is 12.0 Å². The van der Waals surface area contributed by atoms with E-state index in [0.717, 1.165) is 11.3 Å². The molecule has 0 aliphatic carbocycles. The minimum Gasteiger partial charge on any atom is -0.480 e. The van der Waals surface area contributed by atoms with Crippen molar-refractivity contribution in [1.29, 1.82) is 0 Å². The molecule has 1 unspecified atom stereocenters. The van der Waals surface area contributed by atoms with Crippen molar-refractivity contribution in [3.63, 3.8) is 0 Å². The molecule has 106 valence electrons. The van der Waals surface area contributed by atoms with E-state index in [4.69, 9.17) is 10.8 Å². The molecule has 6 heteroatoms. The maximum Gasteiger partial charge on any atom is 0.327 e. The SMILES string of the molecule is Nc1cccc(/C=C/C(=O)N2CCSCC2C(=O)O)c1. The van der Waals surface area contributed by atoms with E-state index in [2.05, 4.69) is 0 Å². The molecule has 5 nitrogen and oxygen atoms in total. The molecule has 20 heavy (non-hydrogen) atoms. The average molecular weight is 292 g/mol. The van der Waals surface area contributed by atoms with Gasteiger partial charge in [-0.3, -0.25) is 4.79 Å². The third-order valence-electron chi connectivity index (χ3n) is 3.03. The number of nitrogen functional groups attached to an aromatic ring is 1. The van der Waals surface area contributed by atoms with E-state index in [1.807, 2.05) is 6.07 Å². The van der Waals surface area contributed by atoms with E-state index in [1.54, 1.807) is 36.0 Å². The Labute approximate surface area is 121 Å². The van der Waals surface area contributed by atoms with Crippen molar-refractivity contribution < 1.29 is 14.7 Å². The molecule has 2 rings (SSSR count). The van der Waals surface area contributed by atoms with Crippen LogP contribution < -0.4 is 5.73 Å². The summed E-state index contributed by atoms with van der Waals surface area (Å²) in [6.45, 7) is 0.460. The van der Waals surface area contributed by atoms with Gasteiger partial charge in [0.05, 0.1) is 0 Å². The van der Waals surface area contributed by atoms with Crippen LogP contribution in [0.2, 0.25) is 0 Å². The van der Waals surface area contributed by atoms with Crippen molar-refractivity contribution >= 4 is 35.4 Å². The fraction of sp³-hybridized carbons (Fsp3) is 0.286. The van der Waals surface area contributed by atoms with Gasteiger partial charge < -0.3 is 15.7 Å². The number of nitrogens with two attached hydrogens (primary N) is 1. The first-order valence-electron chi connectivity index (χ1n) is 6.22. The first-order valence-corrected chi connectivity index (χ1v) is 7.38. The van der Waals surface area contributed by atoms with Gasteiger partial charge in [-0.2, -0.15) is 11.8 Å². The molecule has 1 fully saturated rings. The molecular formula is C14H16N2O3S. The molecule has 0 spiro atoms. The molecule has 3 N–H and O–H groups in total. The Morgan fingerprint density at radius 3 is 2.95 bits per heavy atom. The van der Waals surface area contributed by atoms with Gasteiger partial charge in [-0.25, -0.2) is 4.79 Å². The summed E-state index contributed by atoms with van der Waals surface area (Å²) < 4.78 is 0. The highest BCUT2D eigenvalue weighted by atomic mass is 32.2. The maximum atomic E-state index is 12.1. The van der Waals surface area contributed by atoms with Crippen LogP contribution in [0, 0.1) is 0 Å². The van der Waals surface area contributed by atoms with Crippen LogP contribution in [-0.2, 0) is 9.59 Å². The summed E-state index contributed by atoms with van der Waals surface area (Å²) in [4.78, 5) is 24.7. The Bertz CT molecular complexity index is 545. The van der Waals surface area contributed by atoms with Crippen LogP contribution in [0.5, 0.6) is 0 Å². The largest absolute Gasteiger partial charge is 0.480 e. The lowest BCUT2D eigenvalue weighted by atomic mass is 10.2. The number of carbonyl (C=O) groups is 2. The predicted molar refractivity (Wildman–Crippen MR) is 80.4 cm³/mol. The van der Waals surface area contributed by atoms with Gasteiger partial charge in [0.2, 0.25) is 5.91 Å². The van der Waals surface area contributed by atoms with E-state index in [1.165, 1.54) is 11.0 Å². The smallest absolute Gasteiger partial charge is 0.327 e. The third-order valence-corrected chi connectivity index (χ3v) is 4.05. The Hall–Kier alpha value is -1.95. The van der Waals surface area contributed by atoms with Crippen molar-refractivity contribution in [1.82, 2.24) is 4.90 Å². The number of carboxylic acid groups (broad SMARTS) is 1. The van der Waals surface area contributed by atoms with Crippen LogP contribution in [0.15, 0.2) is 30.3 Å². The second-order valence-electron chi connectivity index (χ2n) is 4.46. The number of rotatable bonds is 3. The van der Waals surface area contributed by atoms with Gasteiger partial charge in [0.25, 0.3) is 0 Å². The molecule has 1 saturated heterocycles. The van der Waals surface area contributed by atoms with Crippen molar-refractivity contribution in [2.24, 2.45) is 0 Å². The number of nitrogens with zero attached hydrogens (tertiary/aromatic N) is 1. The monoisotopic (exact) mass is 292 g/mol. The molecule has 1 aliphatic rings. The van der Waals surface area contributed by atoms with E-state index >= 15 is 0 Å². The highest BCUT2D eigenvalue weighted by Gasteiger charge is 2.31. The number of thioether (sulfide) groups is 1. The fourth-order valence-electron chi connectivity index (χ4n) is 2.00. The minimum absolute atomic E-state index is 0.278. The summed E-state index contributed by atoms with van der Waals surface area (Å²) in [5.74, 6) is -0.0301. The fourth-order valence-corrected chi connectivity index (χ4v) is 3.04. The summed E-state index contributed by atoms with van der Waals surface area (Å²) in [6.07, 6.45) is 3.06. The van der Waals surface area contributed by atoms with Crippen LogP contribution in [0.25, 0.3) is 6.08 Å². The summed E-state index contributed by atoms with van der Waals surface area (Å²) in [5.41, 5.74) is 7.10. The molecule has 1 amide bonds. The minimum atomic E-state index is -0.956. The summed E-state index contributed by atoms with van der Waals surface area (Å²) in [5, 5.41) is 9.13. The van der Waals surface area contributed by atoms with Crippen LogP contribution in [0.4, 0.5) is 5.69 Å². The van der Waals surface area contributed by atoms with Crippen molar-refractivity contribution in [3.05, 3.63) is 35.9 Å². The zero-order valence-electron chi connectivity index (χ0n) is 10.9. The average Bonchev–Trinajstić information content (AvgIpc) is 2.45. The van der Waals surface area contributed by atoms with Crippen LogP contribution >= 0.6 is 11.8 Å². The van der Waals surface area contributed by atoms with Crippen LogP contribution in [0.3, 0.4) is 0 Å². The number of carbonyl (C=O) groups excluding carboxylic acids is 1. The molecule has 0 radical (unpaired) electrons. The Morgan fingerprint density at radius 2 is 2.25 bits per heavy atom. The van der Waals surface area contributed by atoms with Crippen molar-refractivity contribution in [2.75, 3.05) is 23.8 Å². The van der Waals surface area contributed by atoms with Gasteiger partial charge >= 0.3 is 5.97 Å². The quantitative estimate of drug-likeness (QED) is 0.648. The number of benzene rings is 1. The normalized spacial score (nSPS) is 19.2. The number of hydrogen-bond donors (Lipinski definition) is 2. The Kier molecular flexibility index (Phi) is 4.68. The molecule has 1 aliphatic heterocycles. The molecule has 1 heterocycles. The highest BCUT2D eigenvalue weighted by Crippen LogP contribution is 2.17. The van der Waals surface area contributed by atoms with E-state index in [0.29, 0.717) is 18.0 Å². The number of anilines is 1. The Balaban J connectivity index is 2.08. The maximum absolute atomic E-state index is 12.1. The first-order chi connectivity index (χ1) is 9.58. The highest BCUT2D eigenvalue weighted by molar-refractivity contribution is 7.99. The Morgan fingerprint density at radius 1 is 1.45 bits per heavy atom. The summed E-state index contributed by atoms with van der Waals surface area (Å²) >= 11 is 1.55. The molecule has 0 bridgehead atoms. The topological polar surface area (TPSA) is 83.6 Å². The number of aliphatic carboxylic acids is 1. The number of amides is 1. The predicted octanol–water partition coefficient (Wildman–Crippen LogP) is 1.31. The number of hydrogen-bond acceptors (Lipinski definition) is 4. The molecule has 1 atom stereocenters. The van der Waals surface area contributed by atoms with E-state index in [-0.39, 0.29) is 5.91 Å². The summed E-state index contributed by atoms with van der Waals surface area (Å²) in [6, 6.07) is 6.41. The third kappa shape index (κ3) is 3.54. The zero-order chi connectivity index (χ0) is 14.5. The molecule has 1 aromatic carbocycles. The van der Waals surface area contributed by atoms with Gasteiger partial charge in [0.1, 0.15) is 6.04 Å².